The second-order valence-corrected chi connectivity index (χ2v) is 13.2. The van der Waals surface area contributed by atoms with Crippen LogP contribution in [0.1, 0.15) is 73.0 Å². The van der Waals surface area contributed by atoms with E-state index in [1.165, 1.54) is 12.1 Å². The molecule has 0 bridgehead atoms. The van der Waals surface area contributed by atoms with Crippen molar-refractivity contribution in [3.8, 4) is 5.75 Å². The largest absolute Gasteiger partial charge is 0.490 e. The summed E-state index contributed by atoms with van der Waals surface area (Å²) in [5.41, 5.74) is 1.60. The van der Waals surface area contributed by atoms with Crippen molar-refractivity contribution < 1.29 is 41.9 Å². The molecule has 4 atom stereocenters. The highest BCUT2D eigenvalue weighted by Gasteiger charge is 2.32. The molecule has 1 aliphatic heterocycles. The van der Waals surface area contributed by atoms with E-state index in [2.05, 4.69) is 15.8 Å². The highest BCUT2D eigenvalue weighted by molar-refractivity contribution is 6.03. The maximum Gasteiger partial charge on any atom is 0.416 e. The van der Waals surface area contributed by atoms with Crippen molar-refractivity contribution in [3.63, 3.8) is 0 Å². The zero-order chi connectivity index (χ0) is 36.6. The van der Waals surface area contributed by atoms with Gasteiger partial charge in [0.15, 0.2) is 5.76 Å². The van der Waals surface area contributed by atoms with E-state index < -0.39 is 23.8 Å². The number of halogens is 3. The Kier molecular flexibility index (Phi) is 13.3. The minimum atomic E-state index is -4.40. The lowest BCUT2D eigenvalue weighted by Gasteiger charge is -2.36. The number of nitrogens with zero attached hydrogens (tertiary/aromatic N) is 3. The first-order chi connectivity index (χ1) is 23.7. The number of rotatable bonds is 8. The number of benzene rings is 2. The summed E-state index contributed by atoms with van der Waals surface area (Å²) in [6, 6.07) is 8.90. The van der Waals surface area contributed by atoms with Gasteiger partial charge in [-0.1, -0.05) is 24.2 Å². The van der Waals surface area contributed by atoms with Crippen LogP contribution in [0.15, 0.2) is 47.0 Å². The van der Waals surface area contributed by atoms with Gasteiger partial charge in [-0.2, -0.15) is 13.2 Å². The molecule has 0 saturated carbocycles. The Morgan fingerprint density at radius 1 is 1.12 bits per heavy atom. The normalized spacial score (nSPS) is 20.1. The Morgan fingerprint density at radius 2 is 1.84 bits per heavy atom. The van der Waals surface area contributed by atoms with E-state index in [9.17, 15) is 27.9 Å². The van der Waals surface area contributed by atoms with Crippen molar-refractivity contribution in [3.05, 3.63) is 70.6 Å². The first kappa shape index (κ1) is 38.7. The molecule has 3 N–H and O–H groups in total. The Balaban J connectivity index is 1.57. The number of aliphatic hydroxyl groups is 1. The Morgan fingerprint density at radius 3 is 2.48 bits per heavy atom. The number of amides is 3. The van der Waals surface area contributed by atoms with Crippen molar-refractivity contribution in [1.82, 2.24) is 15.0 Å². The molecule has 3 aromatic rings. The molecule has 1 aliphatic rings. The number of fused-ring (bicyclic) bond motifs is 1. The van der Waals surface area contributed by atoms with E-state index in [-0.39, 0.29) is 42.7 Å². The quantitative estimate of drug-likeness (QED) is 0.232. The number of carbonyl (C=O) groups excluding carboxylic acids is 2. The fourth-order valence-electron chi connectivity index (χ4n) is 5.88. The predicted octanol–water partition coefficient (Wildman–Crippen LogP) is 6.88. The van der Waals surface area contributed by atoms with E-state index in [4.69, 9.17) is 14.0 Å². The maximum atomic E-state index is 14.4. The molecule has 0 spiro atoms. The van der Waals surface area contributed by atoms with Crippen LogP contribution in [0.4, 0.5) is 29.3 Å². The monoisotopic (exact) mass is 703 g/mol. The van der Waals surface area contributed by atoms with Crippen molar-refractivity contribution in [1.29, 1.82) is 0 Å². The van der Waals surface area contributed by atoms with E-state index in [0.29, 0.717) is 54.7 Å². The summed E-state index contributed by atoms with van der Waals surface area (Å²) in [7, 11) is 1.88. The second-order valence-electron chi connectivity index (χ2n) is 13.2. The molecule has 0 radical (unpaired) electrons. The van der Waals surface area contributed by atoms with Gasteiger partial charge in [-0.25, -0.2) is 4.79 Å². The number of likely N-dealkylation sites (N-methyl/N-ethyl adjacent to an activating group) is 1. The fourth-order valence-corrected chi connectivity index (χ4v) is 5.88. The van der Waals surface area contributed by atoms with Gasteiger partial charge >= 0.3 is 12.2 Å². The summed E-state index contributed by atoms with van der Waals surface area (Å²) in [5, 5.41) is 19.6. The SMILES string of the molecule is Cc1noc(C)c1NC(=O)Nc1ccc2c(c1)C(=O)N([C@@H](C)CO)C[C@@H](C)[C@H](CN(C)Cc1ccc(C(F)(F)F)cc1)OCCCC[C@H](C)O2. The third kappa shape index (κ3) is 10.4. The summed E-state index contributed by atoms with van der Waals surface area (Å²) in [5.74, 6) is 0.235. The summed E-state index contributed by atoms with van der Waals surface area (Å²) in [6.45, 7) is 10.3. The zero-order valence-electron chi connectivity index (χ0n) is 29.5. The van der Waals surface area contributed by atoms with Crippen molar-refractivity contribution in [2.75, 3.05) is 44.0 Å². The van der Waals surface area contributed by atoms with Gasteiger partial charge in [0.05, 0.1) is 36.0 Å². The molecular weight excluding hydrogens is 655 g/mol. The van der Waals surface area contributed by atoms with E-state index in [1.807, 2.05) is 25.8 Å². The first-order valence-corrected chi connectivity index (χ1v) is 16.9. The molecule has 1 aromatic heterocycles. The minimum absolute atomic E-state index is 0.198. The molecule has 11 nitrogen and oxygen atoms in total. The van der Waals surface area contributed by atoms with Gasteiger partial charge in [0, 0.05) is 37.8 Å². The van der Waals surface area contributed by atoms with Gasteiger partial charge in [-0.05, 0) is 89.9 Å². The number of ether oxygens (including phenoxy) is 2. The van der Waals surface area contributed by atoms with Gasteiger partial charge in [-0.15, -0.1) is 0 Å². The number of aliphatic hydroxyl groups excluding tert-OH is 1. The Labute approximate surface area is 291 Å². The maximum absolute atomic E-state index is 14.4. The second kappa shape index (κ2) is 17.2. The number of nitrogens with one attached hydrogen (secondary N) is 2. The highest BCUT2D eigenvalue weighted by atomic mass is 19.4. The number of aromatic nitrogens is 1. The number of anilines is 2. The smallest absolute Gasteiger partial charge is 0.416 e. The molecule has 50 heavy (non-hydrogen) atoms. The number of hydrogen-bond acceptors (Lipinski definition) is 8. The molecule has 0 unspecified atom stereocenters. The highest BCUT2D eigenvalue weighted by Crippen LogP contribution is 2.31. The Bertz CT molecular complexity index is 1560. The number of alkyl halides is 3. The van der Waals surface area contributed by atoms with Crippen LogP contribution in [0, 0.1) is 19.8 Å². The molecule has 0 saturated heterocycles. The number of urea groups is 1. The van der Waals surface area contributed by atoms with Gasteiger partial charge in [0.1, 0.15) is 17.1 Å². The molecule has 3 amide bonds. The molecule has 0 aliphatic carbocycles. The lowest BCUT2D eigenvalue weighted by atomic mass is 10.0. The van der Waals surface area contributed by atoms with Crippen LogP contribution >= 0.6 is 0 Å². The molecular formula is C36H48F3N5O6. The van der Waals surface area contributed by atoms with E-state index >= 15 is 0 Å². The van der Waals surface area contributed by atoms with Crippen LogP contribution in [-0.4, -0.2) is 83.6 Å². The lowest BCUT2D eigenvalue weighted by molar-refractivity contribution is -0.137. The topological polar surface area (TPSA) is 129 Å². The fraction of sp³-hybridized carbons (Fsp3) is 0.528. The number of hydrogen-bond donors (Lipinski definition) is 3. The average Bonchev–Trinajstić information content (AvgIpc) is 3.37. The Hall–Kier alpha value is -4.14. The molecule has 4 rings (SSSR count). The molecule has 0 fully saturated rings. The summed E-state index contributed by atoms with van der Waals surface area (Å²) in [4.78, 5) is 30.8. The number of carbonyl (C=O) groups is 2. The van der Waals surface area contributed by atoms with Crippen LogP contribution in [0.2, 0.25) is 0 Å². The molecule has 2 heterocycles. The van der Waals surface area contributed by atoms with Crippen molar-refractivity contribution >= 4 is 23.3 Å². The van der Waals surface area contributed by atoms with Crippen LogP contribution in [0.3, 0.4) is 0 Å². The first-order valence-electron chi connectivity index (χ1n) is 16.9. The van der Waals surface area contributed by atoms with Gasteiger partial charge in [-0.3, -0.25) is 9.69 Å². The third-order valence-corrected chi connectivity index (χ3v) is 8.81. The number of aryl methyl sites for hydroxylation is 2. The van der Waals surface area contributed by atoms with Gasteiger partial charge < -0.3 is 34.6 Å². The van der Waals surface area contributed by atoms with E-state index in [1.54, 1.807) is 43.9 Å². The van der Waals surface area contributed by atoms with Crippen LogP contribution in [0.25, 0.3) is 0 Å². The van der Waals surface area contributed by atoms with Crippen molar-refractivity contribution in [2.45, 2.75) is 84.9 Å². The predicted molar refractivity (Wildman–Crippen MR) is 183 cm³/mol. The van der Waals surface area contributed by atoms with Crippen LogP contribution < -0.4 is 15.4 Å². The van der Waals surface area contributed by atoms with Crippen LogP contribution in [0.5, 0.6) is 5.75 Å². The summed E-state index contributed by atoms with van der Waals surface area (Å²) < 4.78 is 57.0. The van der Waals surface area contributed by atoms with Crippen LogP contribution in [-0.2, 0) is 17.5 Å². The molecule has 2 aromatic carbocycles. The third-order valence-electron chi connectivity index (χ3n) is 8.81. The molecule has 14 heteroatoms. The van der Waals surface area contributed by atoms with E-state index in [0.717, 1.165) is 30.5 Å². The van der Waals surface area contributed by atoms with Crippen molar-refractivity contribution in [2.24, 2.45) is 5.92 Å². The van der Waals surface area contributed by atoms with Gasteiger partial charge in [0.2, 0.25) is 0 Å². The standard InChI is InChI=1S/C36H48F3N5O6/c1-22-18-44(23(2)21-45)34(46)30-17-29(40-35(47)41-33-25(4)42-50-26(33)5)14-15-31(30)49-24(3)9-7-8-16-48-32(22)20-43(6)19-27-10-12-28(13-11-27)36(37,38)39/h10-15,17,22-24,32,45H,7-9,16,18-21H2,1-6H3,(H2,40,41,47)/t22-,23+,24+,32+/m1/s1. The molecule has 274 valence electrons. The zero-order valence-corrected chi connectivity index (χ0v) is 29.5. The average molecular weight is 704 g/mol. The minimum Gasteiger partial charge on any atom is -0.490 e. The summed E-state index contributed by atoms with van der Waals surface area (Å²) >= 11 is 0. The lowest BCUT2D eigenvalue weighted by Crippen LogP contribution is -2.47. The summed E-state index contributed by atoms with van der Waals surface area (Å²) in [6.07, 6.45) is -2.63. The van der Waals surface area contributed by atoms with Gasteiger partial charge in [0.25, 0.3) is 5.91 Å².